The van der Waals surface area contributed by atoms with E-state index < -0.39 is 0 Å². The standard InChI is InChI=1S/C16H17BrFNO/c1-10-7-12(11(2)19)4-6-16(10)20-9-13-3-5-14(17)8-15(13)18/h3-8,11H,9,19H2,1-2H3/t11-/m1/s1. The van der Waals surface area contributed by atoms with Crippen molar-refractivity contribution in [1.29, 1.82) is 0 Å². The van der Waals surface area contributed by atoms with E-state index in [0.29, 0.717) is 5.56 Å². The smallest absolute Gasteiger partial charge is 0.130 e. The molecule has 2 N–H and O–H groups in total. The molecule has 2 rings (SSSR count). The van der Waals surface area contributed by atoms with Crippen LogP contribution in [0.5, 0.6) is 5.75 Å². The van der Waals surface area contributed by atoms with Crippen molar-refractivity contribution in [2.24, 2.45) is 5.73 Å². The van der Waals surface area contributed by atoms with E-state index in [1.807, 2.05) is 32.0 Å². The fraction of sp³-hybridized carbons (Fsp3) is 0.250. The van der Waals surface area contributed by atoms with Crippen LogP contribution in [0.25, 0.3) is 0 Å². The highest BCUT2D eigenvalue weighted by Crippen LogP contribution is 2.23. The molecule has 0 aliphatic rings. The first-order chi connectivity index (χ1) is 9.47. The lowest BCUT2D eigenvalue weighted by Gasteiger charge is -2.13. The van der Waals surface area contributed by atoms with Gasteiger partial charge in [0.1, 0.15) is 18.2 Å². The quantitative estimate of drug-likeness (QED) is 0.891. The summed E-state index contributed by atoms with van der Waals surface area (Å²) in [6.45, 7) is 4.10. The van der Waals surface area contributed by atoms with Crippen molar-refractivity contribution in [3.8, 4) is 5.75 Å². The predicted octanol–water partition coefficient (Wildman–Crippen LogP) is 4.50. The fourth-order valence-electron chi connectivity index (χ4n) is 1.91. The Bertz CT molecular complexity index is 613. The topological polar surface area (TPSA) is 35.2 Å². The van der Waals surface area contributed by atoms with Crippen LogP contribution in [0.4, 0.5) is 4.39 Å². The molecule has 0 amide bonds. The minimum absolute atomic E-state index is 0.00771. The van der Waals surface area contributed by atoms with Crippen LogP contribution in [0.1, 0.15) is 29.7 Å². The summed E-state index contributed by atoms with van der Waals surface area (Å²) in [5, 5.41) is 0. The number of hydrogen-bond donors (Lipinski definition) is 1. The van der Waals surface area contributed by atoms with Crippen molar-refractivity contribution in [3.63, 3.8) is 0 Å². The highest BCUT2D eigenvalue weighted by molar-refractivity contribution is 9.10. The minimum atomic E-state index is -0.274. The second-order valence-electron chi connectivity index (χ2n) is 4.84. The van der Waals surface area contributed by atoms with Crippen molar-refractivity contribution < 1.29 is 9.13 Å². The third-order valence-electron chi connectivity index (χ3n) is 3.12. The molecule has 106 valence electrons. The van der Waals surface area contributed by atoms with Crippen LogP contribution in [0.2, 0.25) is 0 Å². The number of nitrogens with two attached hydrogens (primary N) is 1. The van der Waals surface area contributed by atoms with Gasteiger partial charge >= 0.3 is 0 Å². The average molecular weight is 338 g/mol. The van der Waals surface area contributed by atoms with E-state index in [-0.39, 0.29) is 18.5 Å². The van der Waals surface area contributed by atoms with Gasteiger partial charge in [-0.1, -0.05) is 34.1 Å². The summed E-state index contributed by atoms with van der Waals surface area (Å²) in [6, 6.07) is 10.8. The van der Waals surface area contributed by atoms with Crippen LogP contribution in [-0.2, 0) is 6.61 Å². The Hall–Kier alpha value is -1.39. The van der Waals surface area contributed by atoms with Gasteiger partial charge in [-0.15, -0.1) is 0 Å². The predicted molar refractivity (Wildman–Crippen MR) is 82.2 cm³/mol. The molecule has 0 saturated carbocycles. The highest BCUT2D eigenvalue weighted by atomic mass is 79.9. The molecule has 2 aromatic rings. The molecule has 0 aromatic heterocycles. The Balaban J connectivity index is 2.11. The minimum Gasteiger partial charge on any atom is -0.489 e. The molecule has 2 nitrogen and oxygen atoms in total. The summed E-state index contributed by atoms with van der Waals surface area (Å²) < 4.78 is 20.1. The normalized spacial score (nSPS) is 12.2. The molecule has 0 saturated heterocycles. The van der Waals surface area contributed by atoms with E-state index in [4.69, 9.17) is 10.5 Å². The van der Waals surface area contributed by atoms with E-state index in [1.165, 1.54) is 6.07 Å². The van der Waals surface area contributed by atoms with E-state index >= 15 is 0 Å². The molecule has 0 aliphatic carbocycles. The number of halogens is 2. The van der Waals surface area contributed by atoms with Gasteiger partial charge < -0.3 is 10.5 Å². The molecule has 0 fully saturated rings. The lowest BCUT2D eigenvalue weighted by molar-refractivity contribution is 0.297. The van der Waals surface area contributed by atoms with E-state index in [1.54, 1.807) is 12.1 Å². The highest BCUT2D eigenvalue weighted by Gasteiger charge is 2.07. The van der Waals surface area contributed by atoms with Crippen LogP contribution in [-0.4, -0.2) is 0 Å². The molecule has 0 bridgehead atoms. The lowest BCUT2D eigenvalue weighted by atomic mass is 10.1. The van der Waals surface area contributed by atoms with Crippen LogP contribution < -0.4 is 10.5 Å². The molecular weight excluding hydrogens is 321 g/mol. The second kappa shape index (κ2) is 6.37. The zero-order valence-electron chi connectivity index (χ0n) is 11.5. The summed E-state index contributed by atoms with van der Waals surface area (Å²) in [4.78, 5) is 0. The first kappa shape index (κ1) is 15.0. The largest absolute Gasteiger partial charge is 0.489 e. The van der Waals surface area contributed by atoms with Gasteiger partial charge in [0, 0.05) is 16.1 Å². The molecule has 2 aromatic carbocycles. The zero-order valence-corrected chi connectivity index (χ0v) is 13.1. The zero-order chi connectivity index (χ0) is 14.7. The second-order valence-corrected chi connectivity index (χ2v) is 5.75. The number of hydrogen-bond acceptors (Lipinski definition) is 2. The maximum Gasteiger partial charge on any atom is 0.130 e. The van der Waals surface area contributed by atoms with E-state index in [9.17, 15) is 4.39 Å². The number of aryl methyl sites for hydroxylation is 1. The van der Waals surface area contributed by atoms with Gasteiger partial charge in [-0.2, -0.15) is 0 Å². The number of ether oxygens (including phenoxy) is 1. The number of benzene rings is 2. The van der Waals surface area contributed by atoms with Crippen molar-refractivity contribution in [3.05, 3.63) is 63.4 Å². The molecule has 1 atom stereocenters. The van der Waals surface area contributed by atoms with Crippen molar-refractivity contribution in [2.45, 2.75) is 26.5 Å². The Morgan fingerprint density at radius 3 is 2.60 bits per heavy atom. The SMILES string of the molecule is Cc1cc([C@@H](C)N)ccc1OCc1ccc(Br)cc1F. The van der Waals surface area contributed by atoms with Crippen molar-refractivity contribution >= 4 is 15.9 Å². The molecule has 0 spiro atoms. The molecule has 20 heavy (non-hydrogen) atoms. The maximum absolute atomic E-state index is 13.7. The van der Waals surface area contributed by atoms with Gasteiger partial charge in [0.25, 0.3) is 0 Å². The van der Waals surface area contributed by atoms with E-state index in [2.05, 4.69) is 15.9 Å². The summed E-state index contributed by atoms with van der Waals surface area (Å²) in [5.74, 6) is 0.473. The maximum atomic E-state index is 13.7. The van der Waals surface area contributed by atoms with Crippen LogP contribution in [0.3, 0.4) is 0 Å². The molecule has 4 heteroatoms. The first-order valence-electron chi connectivity index (χ1n) is 6.40. The van der Waals surface area contributed by atoms with Gasteiger partial charge in [0.05, 0.1) is 0 Å². The Kier molecular flexibility index (Phi) is 4.78. The van der Waals surface area contributed by atoms with Crippen LogP contribution >= 0.6 is 15.9 Å². The van der Waals surface area contributed by atoms with Crippen molar-refractivity contribution in [1.82, 2.24) is 0 Å². The van der Waals surface area contributed by atoms with Gasteiger partial charge in [-0.25, -0.2) is 4.39 Å². The summed E-state index contributed by atoms with van der Waals surface area (Å²) in [7, 11) is 0. The first-order valence-corrected chi connectivity index (χ1v) is 7.19. The van der Waals surface area contributed by atoms with Crippen LogP contribution in [0, 0.1) is 12.7 Å². The van der Waals surface area contributed by atoms with Gasteiger partial charge in [0.2, 0.25) is 0 Å². The summed E-state index contributed by atoms with van der Waals surface area (Å²) in [5.41, 5.74) is 8.43. The van der Waals surface area contributed by atoms with Gasteiger partial charge in [0.15, 0.2) is 0 Å². The third kappa shape index (κ3) is 3.58. The Labute approximate surface area is 126 Å². The van der Waals surface area contributed by atoms with Crippen molar-refractivity contribution in [2.75, 3.05) is 0 Å². The molecule has 0 heterocycles. The molecule has 0 aliphatic heterocycles. The number of rotatable bonds is 4. The Morgan fingerprint density at radius 2 is 2.00 bits per heavy atom. The average Bonchev–Trinajstić information content (AvgIpc) is 2.38. The monoisotopic (exact) mass is 337 g/mol. The molecular formula is C16H17BrFNO. The molecule has 0 unspecified atom stereocenters. The third-order valence-corrected chi connectivity index (χ3v) is 3.62. The van der Waals surface area contributed by atoms with Gasteiger partial charge in [-0.05, 0) is 43.2 Å². The van der Waals surface area contributed by atoms with E-state index in [0.717, 1.165) is 21.3 Å². The van der Waals surface area contributed by atoms with Gasteiger partial charge in [-0.3, -0.25) is 0 Å². The summed E-state index contributed by atoms with van der Waals surface area (Å²) >= 11 is 3.23. The van der Waals surface area contributed by atoms with Crippen LogP contribution in [0.15, 0.2) is 40.9 Å². The molecule has 0 radical (unpaired) electrons. The fourth-order valence-corrected chi connectivity index (χ4v) is 2.25. The lowest BCUT2D eigenvalue weighted by Crippen LogP contribution is -2.06. The Morgan fingerprint density at radius 1 is 1.25 bits per heavy atom. The summed E-state index contributed by atoms with van der Waals surface area (Å²) in [6.07, 6.45) is 0.